The lowest BCUT2D eigenvalue weighted by molar-refractivity contribution is -0.121. The highest BCUT2D eigenvalue weighted by Crippen LogP contribution is 2.17. The van der Waals surface area contributed by atoms with Gasteiger partial charge in [-0.25, -0.2) is 0 Å². The van der Waals surface area contributed by atoms with Gasteiger partial charge in [0.05, 0.1) is 6.04 Å². The molecule has 1 atom stereocenters. The van der Waals surface area contributed by atoms with Crippen molar-refractivity contribution < 1.29 is 14.3 Å². The predicted octanol–water partition coefficient (Wildman–Crippen LogP) is 3.32. The lowest BCUT2D eigenvalue weighted by atomic mass is 10.2. The van der Waals surface area contributed by atoms with Crippen LogP contribution in [-0.2, 0) is 9.59 Å². The molecule has 0 aromatic heterocycles. The number of nitrogens with zero attached hydrogens (tertiary/aromatic N) is 2. The van der Waals surface area contributed by atoms with Gasteiger partial charge in [-0.15, -0.1) is 0 Å². The van der Waals surface area contributed by atoms with E-state index in [1.165, 1.54) is 6.92 Å². The number of rotatable bonds is 8. The molecule has 0 radical (unpaired) electrons. The van der Waals surface area contributed by atoms with Crippen LogP contribution in [0.3, 0.4) is 0 Å². The Kier molecular flexibility index (Phi) is 8.28. The summed E-state index contributed by atoms with van der Waals surface area (Å²) in [7, 11) is 0. The average Bonchev–Trinajstić information content (AvgIpc) is 2.76. The average molecular weight is 445 g/mol. The van der Waals surface area contributed by atoms with Gasteiger partial charge in [-0.2, -0.15) is 0 Å². The Labute approximate surface area is 188 Å². The van der Waals surface area contributed by atoms with E-state index in [2.05, 4.69) is 20.4 Å². The molecule has 3 rings (SSSR count). The Morgan fingerprint density at radius 3 is 2.13 bits per heavy atom. The Hall–Kier alpha value is -2.61. The van der Waals surface area contributed by atoms with Crippen LogP contribution in [0.4, 0.5) is 11.4 Å². The van der Waals surface area contributed by atoms with Gasteiger partial charge in [0.1, 0.15) is 12.4 Å². The zero-order valence-corrected chi connectivity index (χ0v) is 18.7. The maximum absolute atomic E-state index is 12.6. The number of nitrogens with one attached hydrogen (secondary N) is 2. The number of piperazine rings is 1. The molecule has 1 aliphatic heterocycles. The van der Waals surface area contributed by atoms with E-state index in [0.717, 1.165) is 38.5 Å². The van der Waals surface area contributed by atoms with Crippen LogP contribution < -0.4 is 15.4 Å². The smallest absolute Gasteiger partial charge is 0.241 e. The summed E-state index contributed by atoms with van der Waals surface area (Å²) in [5.41, 5.74) is 1.42. The third-order valence-electron chi connectivity index (χ3n) is 5.30. The highest BCUT2D eigenvalue weighted by Gasteiger charge is 2.25. The summed E-state index contributed by atoms with van der Waals surface area (Å²) < 4.78 is 5.77. The van der Waals surface area contributed by atoms with Gasteiger partial charge in [0.2, 0.25) is 11.8 Å². The monoisotopic (exact) mass is 444 g/mol. The van der Waals surface area contributed by atoms with E-state index in [9.17, 15) is 9.59 Å². The van der Waals surface area contributed by atoms with Crippen LogP contribution in [0.25, 0.3) is 0 Å². The largest absolute Gasteiger partial charge is 0.492 e. The standard InChI is InChI=1S/C23H29ClN4O3/c1-17(23(30)26-21-7-5-20(6-8-21)25-18(2)29)28-13-11-27(12-14-28)15-16-31-22-9-3-19(24)4-10-22/h3-10,17H,11-16H2,1-2H3,(H,25,29)(H,26,30). The molecule has 1 fully saturated rings. The number of ether oxygens (including phenoxy) is 1. The van der Waals surface area contributed by atoms with Gasteiger partial charge in [-0.1, -0.05) is 11.6 Å². The first kappa shape index (κ1) is 23.1. The number of halogens is 1. The van der Waals surface area contributed by atoms with Crippen LogP contribution in [0.1, 0.15) is 13.8 Å². The first-order valence-corrected chi connectivity index (χ1v) is 10.8. The zero-order chi connectivity index (χ0) is 22.2. The van der Waals surface area contributed by atoms with Crippen molar-refractivity contribution in [2.75, 3.05) is 50.0 Å². The van der Waals surface area contributed by atoms with Crippen LogP contribution >= 0.6 is 11.6 Å². The van der Waals surface area contributed by atoms with Crippen molar-refractivity contribution >= 4 is 34.8 Å². The molecule has 7 nitrogen and oxygen atoms in total. The Balaban J connectivity index is 1.38. The van der Waals surface area contributed by atoms with Crippen molar-refractivity contribution in [2.24, 2.45) is 0 Å². The molecule has 0 bridgehead atoms. The number of hydrogen-bond donors (Lipinski definition) is 2. The number of anilines is 2. The lowest BCUT2D eigenvalue weighted by Crippen LogP contribution is -2.53. The first-order chi connectivity index (χ1) is 14.9. The molecule has 1 heterocycles. The Bertz CT molecular complexity index is 865. The second-order valence-electron chi connectivity index (χ2n) is 7.60. The first-order valence-electron chi connectivity index (χ1n) is 10.4. The molecule has 0 spiro atoms. The van der Waals surface area contributed by atoms with Crippen molar-refractivity contribution in [1.29, 1.82) is 0 Å². The second kappa shape index (κ2) is 11.1. The van der Waals surface area contributed by atoms with Gasteiger partial charge in [0, 0.05) is 56.0 Å². The van der Waals surface area contributed by atoms with E-state index >= 15 is 0 Å². The number of carbonyl (C=O) groups is 2. The topological polar surface area (TPSA) is 73.9 Å². The quantitative estimate of drug-likeness (QED) is 0.653. The molecule has 2 aromatic carbocycles. The molecule has 0 aliphatic carbocycles. The van der Waals surface area contributed by atoms with E-state index < -0.39 is 0 Å². The second-order valence-corrected chi connectivity index (χ2v) is 8.04. The van der Waals surface area contributed by atoms with Crippen molar-refractivity contribution in [1.82, 2.24) is 9.80 Å². The highest BCUT2D eigenvalue weighted by molar-refractivity contribution is 6.30. The number of benzene rings is 2. The van der Waals surface area contributed by atoms with E-state index in [0.29, 0.717) is 23.0 Å². The molecule has 2 N–H and O–H groups in total. The van der Waals surface area contributed by atoms with Crippen LogP contribution in [0, 0.1) is 0 Å². The van der Waals surface area contributed by atoms with E-state index in [-0.39, 0.29) is 17.9 Å². The Morgan fingerprint density at radius 2 is 1.55 bits per heavy atom. The van der Waals surface area contributed by atoms with Crippen molar-refractivity contribution in [2.45, 2.75) is 19.9 Å². The number of hydrogen-bond acceptors (Lipinski definition) is 5. The van der Waals surface area contributed by atoms with E-state index in [1.807, 2.05) is 31.2 Å². The molecular formula is C23H29ClN4O3. The van der Waals surface area contributed by atoms with Crippen molar-refractivity contribution in [3.8, 4) is 5.75 Å². The zero-order valence-electron chi connectivity index (χ0n) is 17.9. The fraction of sp³-hybridized carbons (Fsp3) is 0.391. The van der Waals surface area contributed by atoms with Crippen LogP contribution in [0.5, 0.6) is 5.75 Å². The van der Waals surface area contributed by atoms with Crippen LogP contribution in [0.15, 0.2) is 48.5 Å². The SMILES string of the molecule is CC(=O)Nc1ccc(NC(=O)C(C)N2CCN(CCOc3ccc(Cl)cc3)CC2)cc1. The van der Waals surface area contributed by atoms with Gasteiger partial charge < -0.3 is 15.4 Å². The highest BCUT2D eigenvalue weighted by atomic mass is 35.5. The molecule has 1 saturated heterocycles. The third-order valence-corrected chi connectivity index (χ3v) is 5.55. The predicted molar refractivity (Wildman–Crippen MR) is 124 cm³/mol. The summed E-state index contributed by atoms with van der Waals surface area (Å²) in [6, 6.07) is 14.3. The summed E-state index contributed by atoms with van der Waals surface area (Å²) in [5.74, 6) is 0.659. The van der Waals surface area contributed by atoms with Gasteiger partial charge in [0.25, 0.3) is 0 Å². The van der Waals surface area contributed by atoms with E-state index in [4.69, 9.17) is 16.3 Å². The Morgan fingerprint density at radius 1 is 0.968 bits per heavy atom. The number of carbonyl (C=O) groups excluding carboxylic acids is 2. The molecule has 2 aromatic rings. The van der Waals surface area contributed by atoms with Gasteiger partial charge in [-0.05, 0) is 55.5 Å². The molecule has 2 amide bonds. The van der Waals surface area contributed by atoms with Crippen molar-refractivity contribution in [3.63, 3.8) is 0 Å². The van der Waals surface area contributed by atoms with Crippen LogP contribution in [-0.4, -0.2) is 67.0 Å². The van der Waals surface area contributed by atoms with Gasteiger partial charge in [-0.3, -0.25) is 19.4 Å². The summed E-state index contributed by atoms with van der Waals surface area (Å²) in [5, 5.41) is 6.36. The fourth-order valence-corrected chi connectivity index (χ4v) is 3.58. The minimum absolute atomic E-state index is 0.0354. The molecule has 1 aliphatic rings. The molecular weight excluding hydrogens is 416 g/mol. The minimum Gasteiger partial charge on any atom is -0.492 e. The van der Waals surface area contributed by atoms with E-state index in [1.54, 1.807) is 24.3 Å². The summed E-state index contributed by atoms with van der Waals surface area (Å²) in [6.07, 6.45) is 0. The minimum atomic E-state index is -0.220. The van der Waals surface area contributed by atoms with Crippen molar-refractivity contribution in [3.05, 3.63) is 53.6 Å². The molecule has 1 unspecified atom stereocenters. The summed E-state index contributed by atoms with van der Waals surface area (Å²) in [4.78, 5) is 28.3. The maximum Gasteiger partial charge on any atom is 0.241 e. The van der Waals surface area contributed by atoms with Gasteiger partial charge >= 0.3 is 0 Å². The molecule has 166 valence electrons. The third kappa shape index (κ3) is 7.24. The normalized spacial score (nSPS) is 15.8. The number of amides is 2. The fourth-order valence-electron chi connectivity index (χ4n) is 3.45. The summed E-state index contributed by atoms with van der Waals surface area (Å²) in [6.45, 7) is 8.31. The summed E-state index contributed by atoms with van der Waals surface area (Å²) >= 11 is 5.89. The van der Waals surface area contributed by atoms with Crippen LogP contribution in [0.2, 0.25) is 5.02 Å². The molecule has 8 heteroatoms. The molecule has 31 heavy (non-hydrogen) atoms. The van der Waals surface area contributed by atoms with Gasteiger partial charge in [0.15, 0.2) is 0 Å². The maximum atomic E-state index is 12.6. The molecule has 0 saturated carbocycles. The lowest BCUT2D eigenvalue weighted by Gasteiger charge is -2.37.